The van der Waals surface area contributed by atoms with Gasteiger partial charge in [0.05, 0.1) is 6.61 Å². The molecule has 2 aliphatic rings. The van der Waals surface area contributed by atoms with Crippen LogP contribution in [0.4, 0.5) is 0 Å². The number of nitrogens with one attached hydrogen (secondary N) is 2. The van der Waals surface area contributed by atoms with E-state index in [0.29, 0.717) is 42.7 Å². The van der Waals surface area contributed by atoms with Crippen molar-refractivity contribution in [3.63, 3.8) is 0 Å². The summed E-state index contributed by atoms with van der Waals surface area (Å²) in [6, 6.07) is 14.9. The third kappa shape index (κ3) is 9.27. The molecule has 0 aromatic heterocycles. The van der Waals surface area contributed by atoms with Crippen LogP contribution in [0, 0.1) is 5.92 Å². The topological polar surface area (TPSA) is 118 Å². The summed E-state index contributed by atoms with van der Waals surface area (Å²) >= 11 is 3.49. The second-order valence-electron chi connectivity index (χ2n) is 12.3. The van der Waals surface area contributed by atoms with Crippen LogP contribution in [0.1, 0.15) is 89.4 Å². The van der Waals surface area contributed by atoms with E-state index in [-0.39, 0.29) is 25.4 Å². The van der Waals surface area contributed by atoms with Gasteiger partial charge < -0.3 is 19.3 Å². The third-order valence-corrected chi connectivity index (χ3v) is 8.18. The molecule has 1 heterocycles. The van der Waals surface area contributed by atoms with Crippen LogP contribution in [0.5, 0.6) is 5.75 Å². The highest BCUT2D eigenvalue weighted by Gasteiger charge is 2.53. The lowest BCUT2D eigenvalue weighted by molar-refractivity contribution is -0.155. The zero-order chi connectivity index (χ0) is 30.9. The van der Waals surface area contributed by atoms with Gasteiger partial charge >= 0.3 is 5.97 Å². The van der Waals surface area contributed by atoms with Gasteiger partial charge in [-0.3, -0.25) is 15.0 Å². The molecule has 234 valence electrons. The number of carbonyl (C=O) groups is 2. The van der Waals surface area contributed by atoms with Crippen molar-refractivity contribution in [1.29, 1.82) is 0 Å². The molecule has 0 spiro atoms. The summed E-state index contributed by atoms with van der Waals surface area (Å²) in [4.78, 5) is 32.0. The number of aliphatic imine (C=N–C) groups is 1. The van der Waals surface area contributed by atoms with E-state index in [0.717, 1.165) is 22.9 Å². The number of aliphatic hydroxyl groups excluding tert-OH is 1. The molecule has 1 aliphatic carbocycles. The minimum atomic E-state index is -1.43. The van der Waals surface area contributed by atoms with E-state index in [1.54, 1.807) is 12.1 Å². The maximum absolute atomic E-state index is 14.2. The molecule has 2 aromatic carbocycles. The van der Waals surface area contributed by atoms with E-state index in [1.807, 2.05) is 57.2 Å². The standard InChI is InChI=1S/C33H44BrN3O6/c1-32(2,3)43-28(39)18-19-33(31(40)37-35-22-23-8-5-4-6-9-23)29(24-10-14-26(34)15-11-24)42-30(36-33)25-12-16-27(17-13-25)41-21-7-20-38/h10-17,23,29,35,38H,4-9,18-22H2,1-3H3,(H,37,40)/t29-,33-/m0/s1. The van der Waals surface area contributed by atoms with Crippen LogP contribution < -0.4 is 15.6 Å². The molecule has 0 saturated heterocycles. The summed E-state index contributed by atoms with van der Waals surface area (Å²) in [6.45, 7) is 6.59. The lowest BCUT2D eigenvalue weighted by Gasteiger charge is -2.31. The van der Waals surface area contributed by atoms with Gasteiger partial charge in [-0.25, -0.2) is 10.4 Å². The van der Waals surface area contributed by atoms with Crippen molar-refractivity contribution in [2.45, 2.75) is 89.4 Å². The van der Waals surface area contributed by atoms with Crippen molar-refractivity contribution in [2.75, 3.05) is 19.8 Å². The molecule has 2 atom stereocenters. The van der Waals surface area contributed by atoms with Gasteiger partial charge in [0.15, 0.2) is 11.6 Å². The number of carbonyl (C=O) groups excluding carboxylic acids is 2. The summed E-state index contributed by atoms with van der Waals surface area (Å²) in [5.41, 5.74) is 5.45. The number of aliphatic hydroxyl groups is 1. The summed E-state index contributed by atoms with van der Waals surface area (Å²) in [6.07, 6.45) is 5.78. The minimum absolute atomic E-state index is 0.0158. The number of ether oxygens (including phenoxy) is 3. The maximum Gasteiger partial charge on any atom is 0.306 e. The molecule has 4 rings (SSSR count). The summed E-state index contributed by atoms with van der Waals surface area (Å²) in [5.74, 6) is 0.699. The minimum Gasteiger partial charge on any atom is -0.494 e. The Morgan fingerprint density at radius 3 is 2.42 bits per heavy atom. The van der Waals surface area contributed by atoms with E-state index >= 15 is 0 Å². The number of amides is 1. The molecule has 1 saturated carbocycles. The van der Waals surface area contributed by atoms with Crippen LogP contribution in [0.15, 0.2) is 58.0 Å². The van der Waals surface area contributed by atoms with Gasteiger partial charge in [-0.2, -0.15) is 0 Å². The largest absolute Gasteiger partial charge is 0.494 e. The lowest BCUT2D eigenvalue weighted by atomic mass is 9.83. The van der Waals surface area contributed by atoms with Crippen LogP contribution in [0.3, 0.4) is 0 Å². The molecule has 3 N–H and O–H groups in total. The molecule has 43 heavy (non-hydrogen) atoms. The fraction of sp³-hybridized carbons (Fsp3) is 0.545. The second-order valence-corrected chi connectivity index (χ2v) is 13.2. The summed E-state index contributed by atoms with van der Waals surface area (Å²) in [7, 11) is 0. The first kappa shape index (κ1) is 33.0. The van der Waals surface area contributed by atoms with Gasteiger partial charge in [-0.1, -0.05) is 47.3 Å². The SMILES string of the molecule is CC(C)(C)OC(=O)CC[C@]1(C(=O)NNCC2CCCCC2)N=C(c2ccc(OCCCO)cc2)O[C@H]1c1ccc(Br)cc1. The van der Waals surface area contributed by atoms with Crippen LogP contribution in [0.2, 0.25) is 0 Å². The Hall–Kier alpha value is -2.95. The number of rotatable bonds is 13. The predicted molar refractivity (Wildman–Crippen MR) is 169 cm³/mol. The number of esters is 1. The highest BCUT2D eigenvalue weighted by molar-refractivity contribution is 9.10. The Balaban J connectivity index is 1.65. The van der Waals surface area contributed by atoms with Gasteiger partial charge in [0.25, 0.3) is 5.91 Å². The van der Waals surface area contributed by atoms with Crippen LogP contribution in [-0.4, -0.2) is 53.8 Å². The quantitative estimate of drug-likeness (QED) is 0.142. The Kier molecular flexibility index (Phi) is 11.6. The second kappa shape index (κ2) is 15.2. The lowest BCUT2D eigenvalue weighted by Crippen LogP contribution is -2.53. The number of benzene rings is 2. The molecule has 9 nitrogen and oxygen atoms in total. The van der Waals surface area contributed by atoms with Gasteiger partial charge in [0.2, 0.25) is 5.90 Å². The smallest absolute Gasteiger partial charge is 0.306 e. The number of nitrogens with zero attached hydrogens (tertiary/aromatic N) is 1. The van der Waals surface area contributed by atoms with Crippen LogP contribution >= 0.6 is 15.9 Å². The van der Waals surface area contributed by atoms with Gasteiger partial charge in [-0.15, -0.1) is 0 Å². The maximum atomic E-state index is 14.2. The van der Waals surface area contributed by atoms with Crippen molar-refractivity contribution in [3.05, 3.63) is 64.1 Å². The van der Waals surface area contributed by atoms with Crippen molar-refractivity contribution in [3.8, 4) is 5.75 Å². The molecule has 1 amide bonds. The monoisotopic (exact) mass is 657 g/mol. The average Bonchev–Trinajstić information content (AvgIpc) is 3.37. The highest BCUT2D eigenvalue weighted by Crippen LogP contribution is 2.43. The Labute approximate surface area is 262 Å². The fourth-order valence-electron chi connectivity index (χ4n) is 5.47. The number of hydrogen-bond donors (Lipinski definition) is 3. The summed E-state index contributed by atoms with van der Waals surface area (Å²) in [5, 5.41) is 9.03. The Morgan fingerprint density at radius 1 is 1.07 bits per heavy atom. The molecular weight excluding hydrogens is 614 g/mol. The molecular formula is C33H44BrN3O6. The molecule has 0 unspecified atom stereocenters. The van der Waals surface area contributed by atoms with Crippen molar-refractivity contribution in [1.82, 2.24) is 10.9 Å². The van der Waals surface area contributed by atoms with E-state index in [1.165, 1.54) is 19.3 Å². The Bertz CT molecular complexity index is 1240. The van der Waals surface area contributed by atoms with Crippen molar-refractivity contribution >= 4 is 33.7 Å². The van der Waals surface area contributed by atoms with Crippen molar-refractivity contribution in [2.24, 2.45) is 10.9 Å². The van der Waals surface area contributed by atoms with E-state index in [2.05, 4.69) is 26.8 Å². The summed E-state index contributed by atoms with van der Waals surface area (Å²) < 4.78 is 18.7. The molecule has 1 aliphatic heterocycles. The normalized spacial score (nSPS) is 20.7. The van der Waals surface area contributed by atoms with Gasteiger partial charge in [0, 0.05) is 36.0 Å². The van der Waals surface area contributed by atoms with E-state index in [9.17, 15) is 9.59 Å². The number of hydrogen-bond acceptors (Lipinski definition) is 8. The third-order valence-electron chi connectivity index (χ3n) is 7.65. The molecule has 2 aromatic rings. The highest BCUT2D eigenvalue weighted by atomic mass is 79.9. The zero-order valence-electron chi connectivity index (χ0n) is 25.4. The van der Waals surface area contributed by atoms with Gasteiger partial charge in [0.1, 0.15) is 11.4 Å². The van der Waals surface area contributed by atoms with E-state index in [4.69, 9.17) is 24.3 Å². The molecule has 10 heteroatoms. The molecule has 0 bridgehead atoms. The number of hydrazine groups is 1. The Morgan fingerprint density at radius 2 is 1.77 bits per heavy atom. The first-order chi connectivity index (χ1) is 20.6. The average molecular weight is 659 g/mol. The van der Waals surface area contributed by atoms with E-state index < -0.39 is 23.2 Å². The first-order valence-electron chi connectivity index (χ1n) is 15.2. The zero-order valence-corrected chi connectivity index (χ0v) is 27.0. The predicted octanol–water partition coefficient (Wildman–Crippen LogP) is 5.79. The van der Waals surface area contributed by atoms with Gasteiger partial charge in [-0.05, 0) is 87.9 Å². The molecule has 1 fully saturated rings. The number of halogens is 1. The van der Waals surface area contributed by atoms with Crippen LogP contribution in [0.25, 0.3) is 0 Å². The van der Waals surface area contributed by atoms with Crippen LogP contribution in [-0.2, 0) is 19.1 Å². The fourth-order valence-corrected chi connectivity index (χ4v) is 5.73. The van der Waals surface area contributed by atoms with Crippen molar-refractivity contribution < 1.29 is 28.9 Å². The molecule has 0 radical (unpaired) electrons. The first-order valence-corrected chi connectivity index (χ1v) is 16.0.